The molecule has 4 heterocycles. The van der Waals surface area contributed by atoms with Crippen LogP contribution in [0.2, 0.25) is 0 Å². The van der Waals surface area contributed by atoms with E-state index in [1.807, 2.05) is 12.1 Å². The smallest absolute Gasteiger partial charge is 0.267 e. The standard InChI is InChI=1S/C23H21FN4OS2/c1-14-8-10-28(11-9-14)23-27-22-19(31-23)12-18(30-22)21(29)26-20-7-4-16(13-25-20)15-2-5-17(24)6-3-15/h2-7,12-14H,8-11H2,1H3,(H,25,26,29). The number of thiophene rings is 1. The van der Waals surface area contributed by atoms with Crippen LogP contribution in [-0.2, 0) is 0 Å². The van der Waals surface area contributed by atoms with Crippen molar-refractivity contribution in [3.8, 4) is 11.1 Å². The lowest BCUT2D eigenvalue weighted by Crippen LogP contribution is -2.32. The lowest BCUT2D eigenvalue weighted by atomic mass is 10.00. The van der Waals surface area contributed by atoms with Gasteiger partial charge in [-0.05, 0) is 54.7 Å². The van der Waals surface area contributed by atoms with Crippen molar-refractivity contribution >= 4 is 49.1 Å². The molecule has 0 saturated carbocycles. The third-order valence-electron chi connectivity index (χ3n) is 5.54. The molecule has 1 aliphatic rings. The first kappa shape index (κ1) is 20.1. The second-order valence-corrected chi connectivity index (χ2v) is 9.88. The molecule has 1 N–H and O–H groups in total. The van der Waals surface area contributed by atoms with Gasteiger partial charge in [0.15, 0.2) is 5.13 Å². The molecule has 5 rings (SSSR count). The minimum Gasteiger partial charge on any atom is -0.348 e. The molecule has 158 valence electrons. The molecule has 8 heteroatoms. The Morgan fingerprint density at radius 3 is 2.52 bits per heavy atom. The van der Waals surface area contributed by atoms with Crippen LogP contribution in [0.5, 0.6) is 0 Å². The summed E-state index contributed by atoms with van der Waals surface area (Å²) >= 11 is 3.06. The second kappa shape index (κ2) is 8.36. The summed E-state index contributed by atoms with van der Waals surface area (Å²) in [6.07, 6.45) is 4.07. The number of pyridine rings is 1. The van der Waals surface area contributed by atoms with E-state index in [4.69, 9.17) is 4.98 Å². The zero-order valence-electron chi connectivity index (χ0n) is 17.0. The second-order valence-electron chi connectivity index (χ2n) is 7.84. The number of rotatable bonds is 4. The minimum absolute atomic E-state index is 0.189. The average Bonchev–Trinajstić information content (AvgIpc) is 3.35. The Balaban J connectivity index is 1.26. The van der Waals surface area contributed by atoms with Gasteiger partial charge in [0.05, 0.1) is 9.58 Å². The largest absolute Gasteiger partial charge is 0.348 e. The number of amides is 1. The Morgan fingerprint density at radius 2 is 1.84 bits per heavy atom. The predicted octanol–water partition coefficient (Wildman–Crippen LogP) is 6.05. The van der Waals surface area contributed by atoms with E-state index < -0.39 is 0 Å². The topological polar surface area (TPSA) is 58.1 Å². The zero-order chi connectivity index (χ0) is 21.4. The molecule has 4 aromatic rings. The highest BCUT2D eigenvalue weighted by molar-refractivity contribution is 7.29. The number of aromatic nitrogens is 2. The molecule has 1 amide bonds. The monoisotopic (exact) mass is 452 g/mol. The van der Waals surface area contributed by atoms with E-state index in [1.54, 1.807) is 35.7 Å². The molecule has 0 aliphatic carbocycles. The molecular weight excluding hydrogens is 431 g/mol. The quantitative estimate of drug-likeness (QED) is 0.410. The molecule has 31 heavy (non-hydrogen) atoms. The molecular formula is C23H21FN4OS2. The van der Waals surface area contributed by atoms with Gasteiger partial charge in [-0.15, -0.1) is 11.3 Å². The molecule has 1 saturated heterocycles. The zero-order valence-corrected chi connectivity index (χ0v) is 18.6. The van der Waals surface area contributed by atoms with Crippen LogP contribution >= 0.6 is 22.7 Å². The highest BCUT2D eigenvalue weighted by Crippen LogP contribution is 2.36. The molecule has 5 nitrogen and oxygen atoms in total. The number of carbonyl (C=O) groups is 1. The van der Waals surface area contributed by atoms with Crippen LogP contribution in [0.25, 0.3) is 20.7 Å². The third kappa shape index (κ3) is 4.31. The summed E-state index contributed by atoms with van der Waals surface area (Å²) < 4.78 is 14.1. The van der Waals surface area contributed by atoms with Gasteiger partial charge in [0.25, 0.3) is 5.91 Å². The van der Waals surface area contributed by atoms with Crippen molar-refractivity contribution in [2.24, 2.45) is 5.92 Å². The SMILES string of the molecule is CC1CCN(c2nc3sc(C(=O)Nc4ccc(-c5ccc(F)cc5)cn4)cc3s2)CC1. The van der Waals surface area contributed by atoms with Gasteiger partial charge in [0.1, 0.15) is 16.5 Å². The van der Waals surface area contributed by atoms with Gasteiger partial charge >= 0.3 is 0 Å². The summed E-state index contributed by atoms with van der Waals surface area (Å²) in [6, 6.07) is 11.8. The molecule has 0 spiro atoms. The number of carbonyl (C=O) groups excluding carboxylic acids is 1. The van der Waals surface area contributed by atoms with Gasteiger partial charge in [0.2, 0.25) is 0 Å². The highest BCUT2D eigenvalue weighted by Gasteiger charge is 2.21. The first-order valence-corrected chi connectivity index (χ1v) is 11.9. The van der Waals surface area contributed by atoms with Gasteiger partial charge < -0.3 is 10.2 Å². The van der Waals surface area contributed by atoms with E-state index in [2.05, 4.69) is 22.1 Å². The minimum atomic E-state index is -0.274. The first-order chi connectivity index (χ1) is 15.0. The summed E-state index contributed by atoms with van der Waals surface area (Å²) in [6.45, 7) is 4.40. The summed E-state index contributed by atoms with van der Waals surface area (Å²) in [5.41, 5.74) is 1.73. The molecule has 3 aromatic heterocycles. The number of benzene rings is 1. The van der Waals surface area contributed by atoms with Gasteiger partial charge in [-0.1, -0.05) is 30.4 Å². The number of hydrogen-bond acceptors (Lipinski definition) is 6. The fourth-order valence-electron chi connectivity index (χ4n) is 3.63. The predicted molar refractivity (Wildman–Crippen MR) is 126 cm³/mol. The van der Waals surface area contributed by atoms with Gasteiger partial charge in [-0.25, -0.2) is 14.4 Å². The van der Waals surface area contributed by atoms with Crippen molar-refractivity contribution in [3.63, 3.8) is 0 Å². The average molecular weight is 453 g/mol. The Hall–Kier alpha value is -2.84. The maximum Gasteiger partial charge on any atom is 0.267 e. The molecule has 0 bridgehead atoms. The molecule has 1 fully saturated rings. The Morgan fingerprint density at radius 1 is 1.10 bits per heavy atom. The summed E-state index contributed by atoms with van der Waals surface area (Å²) in [7, 11) is 0. The van der Waals surface area contributed by atoms with Crippen LogP contribution in [0.1, 0.15) is 29.4 Å². The van der Waals surface area contributed by atoms with Crippen LogP contribution < -0.4 is 10.2 Å². The number of fused-ring (bicyclic) bond motifs is 1. The van der Waals surface area contributed by atoms with Crippen molar-refractivity contribution in [3.05, 3.63) is 59.4 Å². The van der Waals surface area contributed by atoms with Gasteiger partial charge in [-0.2, -0.15) is 0 Å². The Labute approximate surface area is 187 Å². The van der Waals surface area contributed by atoms with E-state index in [0.29, 0.717) is 10.7 Å². The lowest BCUT2D eigenvalue weighted by molar-refractivity contribution is 0.103. The van der Waals surface area contributed by atoms with Crippen LogP contribution in [0.15, 0.2) is 48.7 Å². The fourth-order valence-corrected chi connectivity index (χ4v) is 5.79. The maximum atomic E-state index is 13.1. The Bertz CT molecular complexity index is 1180. The maximum absolute atomic E-state index is 13.1. The van der Waals surface area contributed by atoms with Gasteiger partial charge in [-0.3, -0.25) is 4.79 Å². The summed E-state index contributed by atoms with van der Waals surface area (Å²) in [4.78, 5) is 25.6. The van der Waals surface area contributed by atoms with E-state index in [-0.39, 0.29) is 11.7 Å². The number of hydrogen-bond donors (Lipinski definition) is 1. The summed E-state index contributed by atoms with van der Waals surface area (Å²) in [5.74, 6) is 0.795. The number of halogens is 1. The van der Waals surface area contributed by atoms with Crippen molar-refractivity contribution in [1.82, 2.24) is 9.97 Å². The molecule has 0 atom stereocenters. The van der Waals surface area contributed by atoms with Crippen LogP contribution in [-0.4, -0.2) is 29.0 Å². The molecule has 0 unspecified atom stereocenters. The lowest BCUT2D eigenvalue weighted by Gasteiger charge is -2.29. The number of thiazole rings is 1. The first-order valence-electron chi connectivity index (χ1n) is 10.2. The number of nitrogens with one attached hydrogen (secondary N) is 1. The fraction of sp³-hybridized carbons (Fsp3) is 0.261. The van der Waals surface area contributed by atoms with E-state index in [1.165, 1.54) is 36.3 Å². The van der Waals surface area contributed by atoms with Crippen molar-refractivity contribution < 1.29 is 9.18 Å². The normalized spacial score (nSPS) is 14.8. The van der Waals surface area contributed by atoms with E-state index >= 15 is 0 Å². The molecule has 1 aliphatic heterocycles. The van der Waals surface area contributed by atoms with Crippen LogP contribution in [0.3, 0.4) is 0 Å². The number of anilines is 2. The van der Waals surface area contributed by atoms with E-state index in [9.17, 15) is 9.18 Å². The van der Waals surface area contributed by atoms with E-state index in [0.717, 1.165) is 44.8 Å². The van der Waals surface area contributed by atoms with Crippen LogP contribution in [0, 0.1) is 11.7 Å². The van der Waals surface area contributed by atoms with Crippen LogP contribution in [0.4, 0.5) is 15.3 Å². The van der Waals surface area contributed by atoms with Crippen molar-refractivity contribution in [1.29, 1.82) is 0 Å². The molecule has 1 aromatic carbocycles. The number of nitrogens with zero attached hydrogens (tertiary/aromatic N) is 3. The summed E-state index contributed by atoms with van der Waals surface area (Å²) in [5, 5.41) is 3.90. The highest BCUT2D eigenvalue weighted by atomic mass is 32.1. The Kier molecular flexibility index (Phi) is 5.41. The molecule has 0 radical (unpaired) electrons. The number of piperidine rings is 1. The van der Waals surface area contributed by atoms with Crippen molar-refractivity contribution in [2.45, 2.75) is 19.8 Å². The third-order valence-corrected chi connectivity index (χ3v) is 7.76. The van der Waals surface area contributed by atoms with Crippen molar-refractivity contribution in [2.75, 3.05) is 23.3 Å². The van der Waals surface area contributed by atoms with Gasteiger partial charge in [0, 0.05) is 24.8 Å².